The normalized spacial score (nSPS) is 30.3. The van der Waals surface area contributed by atoms with Gasteiger partial charge in [-0.3, -0.25) is 9.69 Å². The molecule has 0 radical (unpaired) electrons. The topological polar surface area (TPSA) is 23.6 Å². The minimum atomic E-state index is 0.230. The van der Waals surface area contributed by atoms with Gasteiger partial charge in [0.2, 0.25) is 5.91 Å². The van der Waals surface area contributed by atoms with Crippen molar-refractivity contribution >= 4 is 5.91 Å². The van der Waals surface area contributed by atoms with Gasteiger partial charge in [0.25, 0.3) is 0 Å². The monoisotopic (exact) mass is 272 g/mol. The van der Waals surface area contributed by atoms with E-state index in [-0.39, 0.29) is 5.92 Å². The number of carbonyl (C=O) groups is 1. The van der Waals surface area contributed by atoms with Crippen LogP contribution < -0.4 is 0 Å². The SMILES string of the molecule is CCN1CCN(C(=O)C2CC2c2ccccc2)C(C)C1. The zero-order valence-corrected chi connectivity index (χ0v) is 12.5. The van der Waals surface area contributed by atoms with Crippen LogP contribution in [0.25, 0.3) is 0 Å². The zero-order valence-electron chi connectivity index (χ0n) is 12.5. The smallest absolute Gasteiger partial charge is 0.226 e. The van der Waals surface area contributed by atoms with Crippen molar-refractivity contribution < 1.29 is 4.79 Å². The van der Waals surface area contributed by atoms with Crippen LogP contribution in [0, 0.1) is 5.92 Å². The predicted octanol–water partition coefficient (Wildman–Crippen LogP) is 2.34. The number of rotatable bonds is 3. The maximum absolute atomic E-state index is 12.7. The molecule has 0 aromatic heterocycles. The van der Waals surface area contributed by atoms with Gasteiger partial charge in [-0.2, -0.15) is 0 Å². The Kier molecular flexibility index (Phi) is 3.79. The highest BCUT2D eigenvalue weighted by Gasteiger charge is 2.46. The number of carbonyl (C=O) groups excluding carboxylic acids is 1. The van der Waals surface area contributed by atoms with Crippen molar-refractivity contribution in [3.8, 4) is 0 Å². The minimum absolute atomic E-state index is 0.230. The summed E-state index contributed by atoms with van der Waals surface area (Å²) in [7, 11) is 0. The summed E-state index contributed by atoms with van der Waals surface area (Å²) in [5, 5.41) is 0. The first-order chi connectivity index (χ1) is 9.70. The van der Waals surface area contributed by atoms with Gasteiger partial charge in [0.15, 0.2) is 0 Å². The first kappa shape index (κ1) is 13.6. The first-order valence-electron chi connectivity index (χ1n) is 7.78. The highest BCUT2D eigenvalue weighted by atomic mass is 16.2. The summed E-state index contributed by atoms with van der Waals surface area (Å²) in [5.74, 6) is 1.07. The maximum Gasteiger partial charge on any atom is 0.226 e. The molecule has 0 N–H and O–H groups in total. The molecule has 0 bridgehead atoms. The predicted molar refractivity (Wildman–Crippen MR) is 80.6 cm³/mol. The molecule has 1 aliphatic heterocycles. The lowest BCUT2D eigenvalue weighted by atomic mass is 10.1. The Bertz CT molecular complexity index is 473. The lowest BCUT2D eigenvalue weighted by molar-refractivity contribution is -0.137. The van der Waals surface area contributed by atoms with Crippen molar-refractivity contribution in [1.29, 1.82) is 0 Å². The van der Waals surface area contributed by atoms with Crippen molar-refractivity contribution in [3.05, 3.63) is 35.9 Å². The molecular weight excluding hydrogens is 248 g/mol. The summed E-state index contributed by atoms with van der Waals surface area (Å²) < 4.78 is 0. The fourth-order valence-electron chi connectivity index (χ4n) is 3.40. The molecule has 108 valence electrons. The van der Waals surface area contributed by atoms with E-state index in [2.05, 4.69) is 47.9 Å². The molecule has 0 spiro atoms. The van der Waals surface area contributed by atoms with E-state index in [1.807, 2.05) is 6.07 Å². The van der Waals surface area contributed by atoms with Crippen LogP contribution >= 0.6 is 0 Å². The van der Waals surface area contributed by atoms with E-state index in [0.29, 0.717) is 17.9 Å². The molecule has 2 aliphatic rings. The number of piperazine rings is 1. The summed E-state index contributed by atoms with van der Waals surface area (Å²) in [5.41, 5.74) is 1.32. The van der Waals surface area contributed by atoms with Gasteiger partial charge in [0, 0.05) is 31.6 Å². The molecule has 1 aliphatic carbocycles. The van der Waals surface area contributed by atoms with E-state index in [0.717, 1.165) is 32.6 Å². The van der Waals surface area contributed by atoms with Crippen molar-refractivity contribution in [1.82, 2.24) is 9.80 Å². The molecule has 1 saturated heterocycles. The first-order valence-corrected chi connectivity index (χ1v) is 7.78. The van der Waals surface area contributed by atoms with E-state index in [9.17, 15) is 4.79 Å². The second kappa shape index (κ2) is 5.57. The third-order valence-corrected chi connectivity index (χ3v) is 4.78. The Balaban J connectivity index is 1.61. The Labute approximate surface area is 121 Å². The fourth-order valence-corrected chi connectivity index (χ4v) is 3.40. The average molecular weight is 272 g/mol. The van der Waals surface area contributed by atoms with Gasteiger partial charge >= 0.3 is 0 Å². The van der Waals surface area contributed by atoms with Crippen LogP contribution in [0.3, 0.4) is 0 Å². The maximum atomic E-state index is 12.7. The zero-order chi connectivity index (χ0) is 14.1. The molecule has 3 atom stereocenters. The van der Waals surface area contributed by atoms with E-state index in [4.69, 9.17) is 0 Å². The summed E-state index contributed by atoms with van der Waals surface area (Å²) in [6.45, 7) is 8.39. The van der Waals surface area contributed by atoms with E-state index >= 15 is 0 Å². The molecule has 3 rings (SSSR count). The average Bonchev–Trinajstić information content (AvgIpc) is 3.28. The van der Waals surface area contributed by atoms with Crippen LogP contribution in [-0.2, 0) is 4.79 Å². The van der Waals surface area contributed by atoms with Crippen LogP contribution in [0.5, 0.6) is 0 Å². The lowest BCUT2D eigenvalue weighted by Gasteiger charge is -2.39. The van der Waals surface area contributed by atoms with Gasteiger partial charge in [-0.05, 0) is 31.4 Å². The number of nitrogens with zero attached hydrogens (tertiary/aromatic N) is 2. The standard InChI is InChI=1S/C17H24N2O/c1-3-18-9-10-19(13(2)12-18)17(20)16-11-15(16)14-7-5-4-6-8-14/h4-8,13,15-16H,3,9-12H2,1-2H3. The van der Waals surface area contributed by atoms with E-state index in [1.54, 1.807) is 0 Å². The van der Waals surface area contributed by atoms with Gasteiger partial charge in [-0.1, -0.05) is 37.3 Å². The third kappa shape index (κ3) is 2.59. The Morgan fingerprint density at radius 1 is 1.25 bits per heavy atom. The summed E-state index contributed by atoms with van der Waals surface area (Å²) in [6.07, 6.45) is 1.03. The number of likely N-dealkylation sites (N-methyl/N-ethyl adjacent to an activating group) is 1. The Morgan fingerprint density at radius 3 is 2.65 bits per heavy atom. The minimum Gasteiger partial charge on any atom is -0.337 e. The highest BCUT2D eigenvalue weighted by Crippen LogP contribution is 2.48. The van der Waals surface area contributed by atoms with Gasteiger partial charge < -0.3 is 4.90 Å². The van der Waals surface area contributed by atoms with Gasteiger partial charge in [-0.15, -0.1) is 0 Å². The molecule has 3 heteroatoms. The fraction of sp³-hybridized carbons (Fsp3) is 0.588. The number of hydrogen-bond acceptors (Lipinski definition) is 2. The van der Waals surface area contributed by atoms with Gasteiger partial charge in [0.05, 0.1) is 0 Å². The number of hydrogen-bond donors (Lipinski definition) is 0. The summed E-state index contributed by atoms with van der Waals surface area (Å²) >= 11 is 0. The quantitative estimate of drug-likeness (QED) is 0.843. The molecule has 3 unspecified atom stereocenters. The van der Waals surface area contributed by atoms with Crippen LogP contribution in [0.2, 0.25) is 0 Å². The molecule has 2 fully saturated rings. The van der Waals surface area contributed by atoms with E-state index < -0.39 is 0 Å². The molecular formula is C17H24N2O. The number of benzene rings is 1. The van der Waals surface area contributed by atoms with E-state index in [1.165, 1.54) is 5.56 Å². The Hall–Kier alpha value is -1.35. The molecule has 1 aromatic rings. The summed E-state index contributed by atoms with van der Waals surface area (Å²) in [6, 6.07) is 10.8. The van der Waals surface area contributed by atoms with Crippen molar-refractivity contribution in [3.63, 3.8) is 0 Å². The van der Waals surface area contributed by atoms with Gasteiger partial charge in [0.1, 0.15) is 0 Å². The highest BCUT2D eigenvalue weighted by molar-refractivity contribution is 5.83. The Morgan fingerprint density at radius 2 is 2.00 bits per heavy atom. The molecule has 20 heavy (non-hydrogen) atoms. The van der Waals surface area contributed by atoms with Crippen LogP contribution in [0.1, 0.15) is 31.7 Å². The van der Waals surface area contributed by atoms with Crippen molar-refractivity contribution in [2.45, 2.75) is 32.2 Å². The summed E-state index contributed by atoms with van der Waals surface area (Å²) in [4.78, 5) is 17.2. The van der Waals surface area contributed by atoms with Crippen LogP contribution in [-0.4, -0.2) is 47.9 Å². The number of amides is 1. The van der Waals surface area contributed by atoms with Gasteiger partial charge in [-0.25, -0.2) is 0 Å². The lowest BCUT2D eigenvalue weighted by Crippen LogP contribution is -2.54. The van der Waals surface area contributed by atoms with Crippen LogP contribution in [0.15, 0.2) is 30.3 Å². The molecule has 1 heterocycles. The second-order valence-corrected chi connectivity index (χ2v) is 6.13. The van der Waals surface area contributed by atoms with Crippen molar-refractivity contribution in [2.75, 3.05) is 26.2 Å². The molecule has 3 nitrogen and oxygen atoms in total. The largest absolute Gasteiger partial charge is 0.337 e. The second-order valence-electron chi connectivity index (χ2n) is 6.13. The third-order valence-electron chi connectivity index (χ3n) is 4.78. The van der Waals surface area contributed by atoms with Crippen molar-refractivity contribution in [2.24, 2.45) is 5.92 Å². The molecule has 1 saturated carbocycles. The molecule has 1 aromatic carbocycles. The molecule has 1 amide bonds. The van der Waals surface area contributed by atoms with Crippen LogP contribution in [0.4, 0.5) is 0 Å².